The van der Waals surface area contributed by atoms with E-state index in [-0.39, 0.29) is 36.8 Å². The molecule has 142 valence electrons. The number of hydrogen-bond acceptors (Lipinski definition) is 4. The molecule has 1 atom stereocenters. The molecule has 0 saturated heterocycles. The van der Waals surface area contributed by atoms with Crippen LogP contribution in [0.15, 0.2) is 24.3 Å². The molecule has 2 aromatic rings. The average Bonchev–Trinajstić information content (AvgIpc) is 2.89. The first-order valence-electron chi connectivity index (χ1n) is 8.12. The van der Waals surface area contributed by atoms with E-state index in [4.69, 9.17) is 5.73 Å². The summed E-state index contributed by atoms with van der Waals surface area (Å²) in [6.45, 7) is 2.91. The number of halogens is 2. The molecule has 0 aliphatic rings. The molecule has 3 N–H and O–H groups in total. The number of thioether (sulfide) groups is 1. The number of imidazole rings is 1. The molecule has 0 aliphatic heterocycles. The van der Waals surface area contributed by atoms with E-state index >= 15 is 0 Å². The minimum absolute atomic E-state index is 0. The molecule has 1 aromatic carbocycles. The Morgan fingerprint density at radius 1 is 1.36 bits per heavy atom. The SMILES string of the molecule is CCCCC(CN)NC(=O)Cn1c(CSC)nc2ccccc21.Cl.Cl. The summed E-state index contributed by atoms with van der Waals surface area (Å²) in [5, 5.41) is 3.05. The maximum absolute atomic E-state index is 12.4. The van der Waals surface area contributed by atoms with Crippen molar-refractivity contribution >= 4 is 53.5 Å². The lowest BCUT2D eigenvalue weighted by Gasteiger charge is -2.17. The minimum atomic E-state index is 0. The number of benzene rings is 1. The fourth-order valence-electron chi connectivity index (χ4n) is 2.66. The Hall–Kier alpha value is -0.950. The van der Waals surface area contributed by atoms with E-state index in [0.717, 1.165) is 41.9 Å². The van der Waals surface area contributed by atoms with Crippen molar-refractivity contribution in [2.45, 2.75) is 44.5 Å². The van der Waals surface area contributed by atoms with Gasteiger partial charge in [-0.15, -0.1) is 24.8 Å². The van der Waals surface area contributed by atoms with Gasteiger partial charge in [-0.1, -0.05) is 31.9 Å². The number of nitrogens with one attached hydrogen (secondary N) is 1. The Morgan fingerprint density at radius 2 is 2.08 bits per heavy atom. The van der Waals surface area contributed by atoms with Crippen LogP contribution in [-0.4, -0.2) is 34.3 Å². The topological polar surface area (TPSA) is 72.9 Å². The van der Waals surface area contributed by atoms with Crippen molar-refractivity contribution in [2.24, 2.45) is 5.73 Å². The van der Waals surface area contributed by atoms with E-state index in [1.54, 1.807) is 11.8 Å². The predicted octanol–water partition coefficient (Wildman–Crippen LogP) is 3.38. The van der Waals surface area contributed by atoms with Gasteiger partial charge in [-0.05, 0) is 24.8 Å². The zero-order valence-electron chi connectivity index (χ0n) is 14.7. The molecule has 1 heterocycles. The van der Waals surface area contributed by atoms with Crippen LogP contribution in [-0.2, 0) is 17.1 Å². The van der Waals surface area contributed by atoms with Gasteiger partial charge in [0.1, 0.15) is 12.4 Å². The zero-order valence-corrected chi connectivity index (χ0v) is 17.2. The largest absolute Gasteiger partial charge is 0.351 e. The third-order valence-electron chi connectivity index (χ3n) is 3.86. The van der Waals surface area contributed by atoms with E-state index in [9.17, 15) is 4.79 Å². The summed E-state index contributed by atoms with van der Waals surface area (Å²) in [6, 6.07) is 8.00. The second-order valence-corrected chi connectivity index (χ2v) is 6.54. The van der Waals surface area contributed by atoms with Crippen LogP contribution >= 0.6 is 36.6 Å². The highest BCUT2D eigenvalue weighted by Gasteiger charge is 2.15. The molecular weight excluding hydrogens is 379 g/mol. The van der Waals surface area contributed by atoms with Crippen LogP contribution in [0, 0.1) is 0 Å². The van der Waals surface area contributed by atoms with Crippen LogP contribution in [0.1, 0.15) is 32.0 Å². The smallest absolute Gasteiger partial charge is 0.240 e. The lowest BCUT2D eigenvalue weighted by atomic mass is 10.1. The van der Waals surface area contributed by atoms with Crippen molar-refractivity contribution in [3.63, 3.8) is 0 Å². The third-order valence-corrected chi connectivity index (χ3v) is 4.41. The maximum atomic E-state index is 12.4. The van der Waals surface area contributed by atoms with Crippen molar-refractivity contribution in [1.82, 2.24) is 14.9 Å². The third kappa shape index (κ3) is 6.70. The van der Waals surface area contributed by atoms with Crippen molar-refractivity contribution in [1.29, 1.82) is 0 Å². The highest BCUT2D eigenvalue weighted by Crippen LogP contribution is 2.18. The second-order valence-electron chi connectivity index (χ2n) is 5.68. The molecule has 2 rings (SSSR count). The van der Waals surface area contributed by atoms with E-state index in [0.29, 0.717) is 13.1 Å². The Bertz CT molecular complexity index is 651. The Kier molecular flexibility index (Phi) is 11.9. The van der Waals surface area contributed by atoms with E-state index in [2.05, 4.69) is 17.2 Å². The van der Waals surface area contributed by atoms with Gasteiger partial charge in [0.15, 0.2) is 0 Å². The number of carbonyl (C=O) groups excluding carboxylic acids is 1. The van der Waals surface area contributed by atoms with Gasteiger partial charge in [0.05, 0.1) is 16.8 Å². The standard InChI is InChI=1S/C17H26N4OS.2ClH/c1-3-4-7-13(10-18)19-17(22)11-21-15-9-6-5-8-14(15)20-16(21)12-23-2;;/h5-6,8-9,13H,3-4,7,10-12,18H2,1-2H3,(H,19,22);2*1H. The monoisotopic (exact) mass is 406 g/mol. The van der Waals surface area contributed by atoms with Gasteiger partial charge < -0.3 is 15.6 Å². The number of nitrogens with zero attached hydrogens (tertiary/aromatic N) is 2. The van der Waals surface area contributed by atoms with Gasteiger partial charge in [-0.3, -0.25) is 4.79 Å². The molecule has 1 aromatic heterocycles. The Balaban J connectivity index is 0.00000288. The molecule has 0 saturated carbocycles. The first-order chi connectivity index (χ1) is 11.2. The highest BCUT2D eigenvalue weighted by molar-refractivity contribution is 7.97. The fraction of sp³-hybridized carbons (Fsp3) is 0.529. The second kappa shape index (κ2) is 12.4. The number of amides is 1. The molecular formula is C17H28Cl2N4OS. The van der Waals surface area contributed by atoms with Gasteiger partial charge in [0, 0.05) is 12.6 Å². The number of unbranched alkanes of at least 4 members (excludes halogenated alkanes) is 1. The highest BCUT2D eigenvalue weighted by atomic mass is 35.5. The lowest BCUT2D eigenvalue weighted by molar-refractivity contribution is -0.122. The molecule has 0 spiro atoms. The van der Waals surface area contributed by atoms with Crippen LogP contribution < -0.4 is 11.1 Å². The van der Waals surface area contributed by atoms with Crippen LogP contribution in [0.4, 0.5) is 0 Å². The van der Waals surface area contributed by atoms with Crippen molar-refractivity contribution < 1.29 is 4.79 Å². The van der Waals surface area contributed by atoms with E-state index in [1.807, 2.05) is 35.1 Å². The first-order valence-corrected chi connectivity index (χ1v) is 9.51. The van der Waals surface area contributed by atoms with Gasteiger partial charge in [-0.25, -0.2) is 4.98 Å². The summed E-state index contributed by atoms with van der Waals surface area (Å²) >= 11 is 1.71. The molecule has 25 heavy (non-hydrogen) atoms. The van der Waals surface area contributed by atoms with Crippen LogP contribution in [0.25, 0.3) is 11.0 Å². The van der Waals surface area contributed by atoms with Crippen LogP contribution in [0.2, 0.25) is 0 Å². The quantitative estimate of drug-likeness (QED) is 0.669. The fourth-order valence-corrected chi connectivity index (χ4v) is 3.14. The van der Waals surface area contributed by atoms with E-state index < -0.39 is 0 Å². The molecule has 0 fully saturated rings. The summed E-state index contributed by atoms with van der Waals surface area (Å²) in [6.07, 6.45) is 5.16. The normalized spacial score (nSPS) is 11.5. The summed E-state index contributed by atoms with van der Waals surface area (Å²) in [7, 11) is 0. The van der Waals surface area contributed by atoms with Crippen molar-refractivity contribution in [2.75, 3.05) is 12.8 Å². The van der Waals surface area contributed by atoms with Crippen LogP contribution in [0.5, 0.6) is 0 Å². The first kappa shape index (κ1) is 24.1. The number of aromatic nitrogens is 2. The average molecular weight is 407 g/mol. The summed E-state index contributed by atoms with van der Waals surface area (Å²) in [4.78, 5) is 17.1. The number of hydrogen-bond donors (Lipinski definition) is 2. The van der Waals surface area contributed by atoms with E-state index in [1.165, 1.54) is 0 Å². The summed E-state index contributed by atoms with van der Waals surface area (Å²) < 4.78 is 2.01. The molecule has 0 aliphatic carbocycles. The molecule has 0 bridgehead atoms. The lowest BCUT2D eigenvalue weighted by Crippen LogP contribution is -2.41. The molecule has 8 heteroatoms. The number of para-hydroxylation sites is 2. The Labute approximate surface area is 166 Å². The van der Waals surface area contributed by atoms with Gasteiger partial charge >= 0.3 is 0 Å². The predicted molar refractivity (Wildman–Crippen MR) is 112 cm³/mol. The van der Waals surface area contributed by atoms with Gasteiger partial charge in [0.25, 0.3) is 0 Å². The number of rotatable bonds is 9. The van der Waals surface area contributed by atoms with Crippen molar-refractivity contribution in [3.8, 4) is 0 Å². The number of nitrogens with two attached hydrogens (primary N) is 1. The number of fused-ring (bicyclic) bond motifs is 1. The summed E-state index contributed by atoms with van der Waals surface area (Å²) in [5.41, 5.74) is 7.71. The van der Waals surface area contributed by atoms with Crippen LogP contribution in [0.3, 0.4) is 0 Å². The molecule has 1 unspecified atom stereocenters. The molecule has 1 amide bonds. The Morgan fingerprint density at radius 3 is 2.72 bits per heavy atom. The summed E-state index contributed by atoms with van der Waals surface area (Å²) in [5.74, 6) is 1.73. The minimum Gasteiger partial charge on any atom is -0.351 e. The maximum Gasteiger partial charge on any atom is 0.240 e. The number of carbonyl (C=O) groups is 1. The molecule has 0 radical (unpaired) electrons. The van der Waals surface area contributed by atoms with Gasteiger partial charge in [-0.2, -0.15) is 11.8 Å². The van der Waals surface area contributed by atoms with Crippen molar-refractivity contribution in [3.05, 3.63) is 30.1 Å². The van der Waals surface area contributed by atoms with Gasteiger partial charge in [0.2, 0.25) is 5.91 Å². The molecule has 5 nitrogen and oxygen atoms in total. The zero-order chi connectivity index (χ0) is 16.7.